The molecule has 1 aromatic carbocycles. The quantitative estimate of drug-likeness (QED) is 0.613. The summed E-state index contributed by atoms with van der Waals surface area (Å²) in [4.78, 5) is 4.59. The molecule has 0 aliphatic rings. The monoisotopic (exact) mass is 352 g/mol. The largest absolute Gasteiger partial charge is 0.252 e. The zero-order valence-electron chi connectivity index (χ0n) is 13.5. The van der Waals surface area contributed by atoms with Gasteiger partial charge in [0, 0.05) is 29.4 Å². The van der Waals surface area contributed by atoms with E-state index in [9.17, 15) is 8.42 Å². The third-order valence-corrected chi connectivity index (χ3v) is 5.50. The number of sulfonamides is 1. The Kier molecular flexibility index (Phi) is 3.74. The summed E-state index contributed by atoms with van der Waals surface area (Å²) in [5, 5.41) is 5.02. The minimum Gasteiger partial charge on any atom is -0.252 e. The molecular formula is C18H16N4O2S. The molecule has 3 heterocycles. The van der Waals surface area contributed by atoms with Gasteiger partial charge in [-0.25, -0.2) is 17.7 Å². The predicted octanol–water partition coefficient (Wildman–Crippen LogP) is 2.67. The van der Waals surface area contributed by atoms with Crippen molar-refractivity contribution in [2.75, 3.05) is 0 Å². The fourth-order valence-electron chi connectivity index (χ4n) is 2.81. The lowest BCUT2D eigenvalue weighted by Gasteiger charge is -2.09. The van der Waals surface area contributed by atoms with Crippen LogP contribution in [-0.2, 0) is 16.6 Å². The van der Waals surface area contributed by atoms with E-state index in [2.05, 4.69) is 14.8 Å². The van der Waals surface area contributed by atoms with Crippen LogP contribution in [-0.4, -0.2) is 23.0 Å². The van der Waals surface area contributed by atoms with Crippen molar-refractivity contribution in [1.82, 2.24) is 19.3 Å². The van der Waals surface area contributed by atoms with Crippen molar-refractivity contribution in [3.63, 3.8) is 0 Å². The van der Waals surface area contributed by atoms with E-state index in [4.69, 9.17) is 0 Å². The molecule has 4 rings (SSSR count). The van der Waals surface area contributed by atoms with Gasteiger partial charge in [0.15, 0.2) is 0 Å². The first-order valence-corrected chi connectivity index (χ1v) is 9.30. The number of pyridine rings is 2. The number of fused-ring (bicyclic) bond motifs is 2. The molecule has 126 valence electrons. The van der Waals surface area contributed by atoms with Crippen molar-refractivity contribution in [3.8, 4) is 0 Å². The Labute approximate surface area is 145 Å². The lowest BCUT2D eigenvalue weighted by atomic mass is 10.2. The molecule has 4 aromatic rings. The SMILES string of the molecule is Cc1ccc2cccc(S(=O)(=O)NCc3cnn4ccccc34)c2n1. The minimum atomic E-state index is -3.70. The van der Waals surface area contributed by atoms with Gasteiger partial charge in [-0.2, -0.15) is 5.10 Å². The molecule has 0 radical (unpaired) electrons. The van der Waals surface area contributed by atoms with Crippen LogP contribution in [0.25, 0.3) is 16.4 Å². The first-order valence-electron chi connectivity index (χ1n) is 7.82. The maximum atomic E-state index is 12.8. The maximum Gasteiger partial charge on any atom is 0.243 e. The molecule has 0 saturated heterocycles. The van der Waals surface area contributed by atoms with Gasteiger partial charge in [0.25, 0.3) is 0 Å². The molecule has 0 atom stereocenters. The van der Waals surface area contributed by atoms with Crippen LogP contribution in [0.1, 0.15) is 11.3 Å². The van der Waals surface area contributed by atoms with Crippen molar-refractivity contribution in [3.05, 3.63) is 72.2 Å². The number of nitrogens with one attached hydrogen (secondary N) is 1. The van der Waals surface area contributed by atoms with Gasteiger partial charge in [-0.15, -0.1) is 0 Å². The number of aromatic nitrogens is 3. The average Bonchev–Trinajstić information content (AvgIpc) is 3.02. The summed E-state index contributed by atoms with van der Waals surface area (Å²) in [6.45, 7) is 2.01. The van der Waals surface area contributed by atoms with Crippen molar-refractivity contribution < 1.29 is 8.42 Å². The Hall–Kier alpha value is -2.77. The van der Waals surface area contributed by atoms with Crippen LogP contribution >= 0.6 is 0 Å². The van der Waals surface area contributed by atoms with Gasteiger partial charge in [-0.05, 0) is 31.2 Å². The highest BCUT2D eigenvalue weighted by Gasteiger charge is 2.19. The van der Waals surface area contributed by atoms with Crippen LogP contribution in [0.4, 0.5) is 0 Å². The standard InChI is InChI=1S/C18H16N4O2S/c1-13-8-9-14-5-4-7-17(18(14)21-13)25(23,24)20-12-15-11-19-22-10-3-2-6-16(15)22/h2-11,20H,12H2,1H3. The molecule has 3 aromatic heterocycles. The first kappa shape index (κ1) is 15.7. The highest BCUT2D eigenvalue weighted by molar-refractivity contribution is 7.89. The van der Waals surface area contributed by atoms with Crippen LogP contribution in [0.5, 0.6) is 0 Å². The van der Waals surface area contributed by atoms with E-state index in [0.29, 0.717) is 5.52 Å². The second kappa shape index (κ2) is 5.94. The van der Waals surface area contributed by atoms with Crippen LogP contribution in [0.15, 0.2) is 65.8 Å². The number of hydrogen-bond donors (Lipinski definition) is 1. The van der Waals surface area contributed by atoms with E-state index in [1.54, 1.807) is 22.8 Å². The van der Waals surface area contributed by atoms with E-state index in [0.717, 1.165) is 22.2 Å². The molecule has 6 nitrogen and oxygen atoms in total. The summed E-state index contributed by atoms with van der Waals surface area (Å²) in [5.41, 5.74) is 2.94. The van der Waals surface area contributed by atoms with Gasteiger partial charge >= 0.3 is 0 Å². The highest BCUT2D eigenvalue weighted by Crippen LogP contribution is 2.22. The molecule has 0 unspecified atom stereocenters. The lowest BCUT2D eigenvalue weighted by Crippen LogP contribution is -2.23. The summed E-state index contributed by atoms with van der Waals surface area (Å²) in [5.74, 6) is 0. The molecule has 0 aliphatic heterocycles. The number of rotatable bonds is 4. The van der Waals surface area contributed by atoms with Crippen molar-refractivity contribution in [2.45, 2.75) is 18.4 Å². The van der Waals surface area contributed by atoms with Crippen LogP contribution in [0.3, 0.4) is 0 Å². The van der Waals surface area contributed by atoms with Crippen molar-refractivity contribution >= 4 is 26.4 Å². The Morgan fingerprint density at radius 1 is 1.08 bits per heavy atom. The molecule has 0 aliphatic carbocycles. The average molecular weight is 352 g/mol. The maximum absolute atomic E-state index is 12.8. The number of para-hydroxylation sites is 1. The highest BCUT2D eigenvalue weighted by atomic mass is 32.2. The smallest absolute Gasteiger partial charge is 0.243 e. The fourth-order valence-corrected chi connectivity index (χ4v) is 3.99. The van der Waals surface area contributed by atoms with Crippen LogP contribution < -0.4 is 4.72 Å². The Morgan fingerprint density at radius 3 is 2.84 bits per heavy atom. The van der Waals surface area contributed by atoms with Gasteiger partial charge in [-0.1, -0.05) is 24.3 Å². The van der Waals surface area contributed by atoms with E-state index in [-0.39, 0.29) is 11.4 Å². The van der Waals surface area contributed by atoms with Crippen molar-refractivity contribution in [1.29, 1.82) is 0 Å². The molecular weight excluding hydrogens is 336 g/mol. The molecule has 0 bridgehead atoms. The van der Waals surface area contributed by atoms with Crippen molar-refractivity contribution in [2.24, 2.45) is 0 Å². The molecule has 0 saturated carbocycles. The minimum absolute atomic E-state index is 0.165. The zero-order valence-corrected chi connectivity index (χ0v) is 14.4. The summed E-state index contributed by atoms with van der Waals surface area (Å²) >= 11 is 0. The second-order valence-electron chi connectivity index (χ2n) is 5.81. The molecule has 25 heavy (non-hydrogen) atoms. The fraction of sp³-hybridized carbons (Fsp3) is 0.111. The lowest BCUT2D eigenvalue weighted by molar-refractivity contribution is 0.582. The van der Waals surface area contributed by atoms with E-state index >= 15 is 0 Å². The number of nitrogens with zero attached hydrogens (tertiary/aromatic N) is 3. The first-order chi connectivity index (χ1) is 12.0. The van der Waals surface area contributed by atoms with E-state index in [1.807, 2.05) is 49.5 Å². The number of aryl methyl sites for hydroxylation is 1. The molecule has 0 spiro atoms. The van der Waals surface area contributed by atoms with Gasteiger partial charge < -0.3 is 0 Å². The second-order valence-corrected chi connectivity index (χ2v) is 7.54. The zero-order chi connectivity index (χ0) is 17.4. The van der Waals surface area contributed by atoms with E-state index < -0.39 is 10.0 Å². The summed E-state index contributed by atoms with van der Waals surface area (Å²) in [6, 6.07) is 14.6. The molecule has 0 fully saturated rings. The third kappa shape index (κ3) is 2.88. The van der Waals surface area contributed by atoms with E-state index in [1.165, 1.54) is 0 Å². The van der Waals surface area contributed by atoms with Gasteiger partial charge in [0.05, 0.1) is 17.2 Å². The molecule has 0 amide bonds. The third-order valence-electron chi connectivity index (χ3n) is 4.07. The number of benzene rings is 1. The Morgan fingerprint density at radius 2 is 1.96 bits per heavy atom. The van der Waals surface area contributed by atoms with Gasteiger partial charge in [0.2, 0.25) is 10.0 Å². The molecule has 7 heteroatoms. The van der Waals surface area contributed by atoms with Crippen LogP contribution in [0.2, 0.25) is 0 Å². The Bertz CT molecular complexity index is 1180. The normalized spacial score (nSPS) is 12.0. The summed E-state index contributed by atoms with van der Waals surface area (Å²) in [6.07, 6.45) is 3.49. The summed E-state index contributed by atoms with van der Waals surface area (Å²) in [7, 11) is -3.70. The predicted molar refractivity (Wildman–Crippen MR) is 95.7 cm³/mol. The van der Waals surface area contributed by atoms with Gasteiger partial charge in [0.1, 0.15) is 4.90 Å². The van der Waals surface area contributed by atoms with Crippen LogP contribution in [0, 0.1) is 6.92 Å². The van der Waals surface area contributed by atoms with Gasteiger partial charge in [-0.3, -0.25) is 4.98 Å². The molecule has 1 N–H and O–H groups in total. The topological polar surface area (TPSA) is 76.4 Å². The Balaban J connectivity index is 1.70. The summed E-state index contributed by atoms with van der Waals surface area (Å²) < 4.78 is 30.0. The number of hydrogen-bond acceptors (Lipinski definition) is 4.